The summed E-state index contributed by atoms with van der Waals surface area (Å²) in [4.78, 5) is 39.1. The fourth-order valence-corrected chi connectivity index (χ4v) is 3.92. The molecule has 0 spiro atoms. The lowest BCUT2D eigenvalue weighted by Crippen LogP contribution is -2.35. The van der Waals surface area contributed by atoms with E-state index in [1.807, 2.05) is 38.1 Å². The van der Waals surface area contributed by atoms with Gasteiger partial charge < -0.3 is 4.57 Å². The first kappa shape index (κ1) is 18.9. The van der Waals surface area contributed by atoms with Crippen LogP contribution in [0.2, 0.25) is 0 Å². The predicted octanol–water partition coefficient (Wildman–Crippen LogP) is 3.83. The topological polar surface area (TPSA) is 59.4 Å². The highest BCUT2D eigenvalue weighted by molar-refractivity contribution is 6.23. The molecule has 5 nitrogen and oxygen atoms in total. The standard InChI is InChI=1S/C24H22N2O3/c1-16-14-21(17(2)25(16)13-12-18-8-4-3-5-9-18)22(27)15-26-23(28)19-10-6-7-11-20(19)24(26)29/h3-11,14H,12-13,15H2,1-2H3. The summed E-state index contributed by atoms with van der Waals surface area (Å²) in [6.07, 6.45) is 0.864. The van der Waals surface area contributed by atoms with Gasteiger partial charge >= 0.3 is 0 Å². The number of aromatic nitrogens is 1. The van der Waals surface area contributed by atoms with E-state index in [-0.39, 0.29) is 12.3 Å². The number of hydrogen-bond donors (Lipinski definition) is 0. The van der Waals surface area contributed by atoms with Crippen LogP contribution < -0.4 is 0 Å². The Balaban J connectivity index is 1.51. The van der Waals surface area contributed by atoms with E-state index < -0.39 is 11.8 Å². The van der Waals surface area contributed by atoms with Crippen molar-refractivity contribution in [2.24, 2.45) is 0 Å². The summed E-state index contributed by atoms with van der Waals surface area (Å²) in [7, 11) is 0. The van der Waals surface area contributed by atoms with Gasteiger partial charge in [0.15, 0.2) is 5.78 Å². The predicted molar refractivity (Wildman–Crippen MR) is 110 cm³/mol. The molecule has 4 rings (SSSR count). The van der Waals surface area contributed by atoms with Gasteiger partial charge in [-0.25, -0.2) is 0 Å². The van der Waals surface area contributed by atoms with Gasteiger partial charge in [0, 0.05) is 23.5 Å². The first-order valence-electron chi connectivity index (χ1n) is 9.66. The second kappa shape index (κ2) is 7.51. The second-order valence-electron chi connectivity index (χ2n) is 7.34. The number of carbonyl (C=O) groups excluding carboxylic acids is 3. The van der Waals surface area contributed by atoms with Gasteiger partial charge in [0.05, 0.1) is 17.7 Å². The molecule has 2 aromatic carbocycles. The van der Waals surface area contributed by atoms with Crippen LogP contribution in [0.25, 0.3) is 0 Å². The van der Waals surface area contributed by atoms with E-state index in [0.29, 0.717) is 16.7 Å². The van der Waals surface area contributed by atoms with Gasteiger partial charge in [0.1, 0.15) is 0 Å². The van der Waals surface area contributed by atoms with Crippen molar-refractivity contribution in [1.29, 1.82) is 0 Å². The molecular weight excluding hydrogens is 364 g/mol. The van der Waals surface area contributed by atoms with Crippen molar-refractivity contribution in [3.05, 3.63) is 94.3 Å². The summed E-state index contributed by atoms with van der Waals surface area (Å²) < 4.78 is 2.11. The monoisotopic (exact) mass is 386 g/mol. The fraction of sp³-hybridized carbons (Fsp3) is 0.208. The van der Waals surface area contributed by atoms with E-state index >= 15 is 0 Å². The van der Waals surface area contributed by atoms with Crippen molar-refractivity contribution in [3.8, 4) is 0 Å². The Morgan fingerprint density at radius 2 is 1.45 bits per heavy atom. The average Bonchev–Trinajstić information content (AvgIpc) is 3.15. The smallest absolute Gasteiger partial charge is 0.261 e. The van der Waals surface area contributed by atoms with E-state index in [1.165, 1.54) is 5.56 Å². The first-order chi connectivity index (χ1) is 14.0. The van der Waals surface area contributed by atoms with Gasteiger partial charge in [-0.15, -0.1) is 0 Å². The molecule has 1 aliphatic rings. The van der Waals surface area contributed by atoms with Gasteiger partial charge in [-0.2, -0.15) is 0 Å². The Morgan fingerprint density at radius 3 is 2.07 bits per heavy atom. The maximum absolute atomic E-state index is 12.9. The van der Waals surface area contributed by atoms with E-state index in [4.69, 9.17) is 0 Å². The van der Waals surface area contributed by atoms with Gasteiger partial charge in [-0.1, -0.05) is 42.5 Å². The zero-order valence-electron chi connectivity index (χ0n) is 16.5. The molecule has 0 bridgehead atoms. The molecule has 0 saturated carbocycles. The molecule has 0 unspecified atom stereocenters. The highest BCUT2D eigenvalue weighted by Crippen LogP contribution is 2.24. The minimum absolute atomic E-state index is 0.224. The van der Waals surface area contributed by atoms with E-state index in [1.54, 1.807) is 24.3 Å². The maximum atomic E-state index is 12.9. The summed E-state index contributed by atoms with van der Waals surface area (Å²) in [5, 5.41) is 0. The molecule has 5 heteroatoms. The molecule has 0 atom stereocenters. The number of hydrogen-bond acceptors (Lipinski definition) is 3. The van der Waals surface area contributed by atoms with Crippen molar-refractivity contribution in [1.82, 2.24) is 9.47 Å². The van der Waals surface area contributed by atoms with Crippen LogP contribution in [0.3, 0.4) is 0 Å². The van der Waals surface area contributed by atoms with Crippen LogP contribution in [0, 0.1) is 13.8 Å². The van der Waals surface area contributed by atoms with Gasteiger partial charge in [-0.05, 0) is 44.0 Å². The summed E-state index contributed by atoms with van der Waals surface area (Å²) in [6.45, 7) is 4.40. The molecule has 0 N–H and O–H groups in total. The number of carbonyl (C=O) groups is 3. The first-order valence-corrected chi connectivity index (χ1v) is 9.66. The Hall–Kier alpha value is -3.47. The maximum Gasteiger partial charge on any atom is 0.261 e. The summed E-state index contributed by atoms with van der Waals surface area (Å²) in [6, 6.07) is 18.7. The van der Waals surface area contributed by atoms with Crippen molar-refractivity contribution < 1.29 is 14.4 Å². The molecule has 29 heavy (non-hydrogen) atoms. The van der Waals surface area contributed by atoms with Crippen LogP contribution in [0.1, 0.15) is 48.0 Å². The quantitative estimate of drug-likeness (QED) is 0.478. The lowest BCUT2D eigenvalue weighted by molar-refractivity contribution is 0.0624. The second-order valence-corrected chi connectivity index (χ2v) is 7.34. The van der Waals surface area contributed by atoms with E-state index in [2.05, 4.69) is 16.7 Å². The van der Waals surface area contributed by atoms with E-state index in [0.717, 1.165) is 29.3 Å². The Morgan fingerprint density at radius 1 is 0.862 bits per heavy atom. The molecular formula is C24H22N2O3. The number of fused-ring (bicyclic) bond motifs is 1. The fourth-order valence-electron chi connectivity index (χ4n) is 3.92. The van der Waals surface area contributed by atoms with Crippen LogP contribution >= 0.6 is 0 Å². The third-order valence-corrected chi connectivity index (χ3v) is 5.52. The van der Waals surface area contributed by atoms with Crippen molar-refractivity contribution in [2.45, 2.75) is 26.8 Å². The third-order valence-electron chi connectivity index (χ3n) is 5.52. The van der Waals surface area contributed by atoms with Gasteiger partial charge in [0.2, 0.25) is 0 Å². The third kappa shape index (κ3) is 3.40. The van der Waals surface area contributed by atoms with Crippen LogP contribution in [0.4, 0.5) is 0 Å². The largest absolute Gasteiger partial charge is 0.348 e. The Bertz CT molecular complexity index is 1080. The highest BCUT2D eigenvalue weighted by atomic mass is 16.2. The number of imide groups is 1. The molecule has 1 aromatic heterocycles. The summed E-state index contributed by atoms with van der Waals surface area (Å²) in [5.41, 5.74) is 4.37. The van der Waals surface area contributed by atoms with Gasteiger partial charge in [0.25, 0.3) is 11.8 Å². The van der Waals surface area contributed by atoms with Crippen molar-refractivity contribution >= 4 is 17.6 Å². The molecule has 0 radical (unpaired) electrons. The molecule has 2 amide bonds. The molecule has 0 aliphatic carbocycles. The zero-order valence-corrected chi connectivity index (χ0v) is 16.5. The minimum atomic E-state index is -0.406. The zero-order chi connectivity index (χ0) is 20.5. The molecule has 146 valence electrons. The number of amides is 2. The number of nitrogens with zero attached hydrogens (tertiary/aromatic N) is 2. The molecule has 1 aliphatic heterocycles. The number of ketones is 1. The van der Waals surface area contributed by atoms with Crippen LogP contribution in [-0.4, -0.2) is 33.6 Å². The lowest BCUT2D eigenvalue weighted by Gasteiger charge is -2.13. The molecule has 0 fully saturated rings. The highest BCUT2D eigenvalue weighted by Gasteiger charge is 2.36. The normalized spacial score (nSPS) is 13.1. The van der Waals surface area contributed by atoms with Crippen molar-refractivity contribution in [2.75, 3.05) is 6.54 Å². The molecule has 2 heterocycles. The Kier molecular flexibility index (Phi) is 4.89. The number of aryl methyl sites for hydroxylation is 2. The average molecular weight is 386 g/mol. The summed E-state index contributed by atoms with van der Waals surface area (Å²) >= 11 is 0. The molecule has 0 saturated heterocycles. The number of rotatable bonds is 6. The van der Waals surface area contributed by atoms with E-state index in [9.17, 15) is 14.4 Å². The Labute approximate surface area is 169 Å². The van der Waals surface area contributed by atoms with Crippen LogP contribution in [-0.2, 0) is 13.0 Å². The number of benzene rings is 2. The number of Topliss-reactive ketones (excluding diaryl/α,β-unsaturated/α-hetero) is 1. The van der Waals surface area contributed by atoms with Crippen LogP contribution in [0.15, 0.2) is 60.7 Å². The van der Waals surface area contributed by atoms with Gasteiger partial charge in [-0.3, -0.25) is 19.3 Å². The minimum Gasteiger partial charge on any atom is -0.348 e. The molecule has 3 aromatic rings. The summed E-state index contributed by atoms with van der Waals surface area (Å²) in [5.74, 6) is -1.03. The van der Waals surface area contributed by atoms with Crippen LogP contribution in [0.5, 0.6) is 0 Å². The van der Waals surface area contributed by atoms with Crippen molar-refractivity contribution in [3.63, 3.8) is 0 Å². The SMILES string of the molecule is Cc1cc(C(=O)CN2C(=O)c3ccccc3C2=O)c(C)n1CCc1ccccc1. The lowest BCUT2D eigenvalue weighted by atomic mass is 10.1.